The Morgan fingerprint density at radius 1 is 0.966 bits per heavy atom. The Kier molecular flexibility index (Phi) is 5.74. The molecule has 0 aromatic heterocycles. The third-order valence-corrected chi connectivity index (χ3v) is 5.39. The van der Waals surface area contributed by atoms with E-state index in [1.54, 1.807) is 49.4 Å². The van der Waals surface area contributed by atoms with Crippen molar-refractivity contribution in [1.29, 1.82) is 0 Å². The third-order valence-electron chi connectivity index (χ3n) is 4.15. The molecule has 0 radical (unpaired) electrons. The summed E-state index contributed by atoms with van der Waals surface area (Å²) in [5.41, 5.74) is 2.49. The summed E-state index contributed by atoms with van der Waals surface area (Å²) in [5, 5.41) is 10.7. The van der Waals surface area contributed by atoms with Crippen LogP contribution in [0.5, 0.6) is 5.75 Å². The molecule has 3 aromatic rings. The molecular formula is C21H18N2O5S. The summed E-state index contributed by atoms with van der Waals surface area (Å²) in [4.78, 5) is 14.6. The van der Waals surface area contributed by atoms with Crippen molar-refractivity contribution < 1.29 is 17.5 Å². The summed E-state index contributed by atoms with van der Waals surface area (Å²) in [5.74, 6) is 0.131. The standard InChI is InChI=1S/C21H18N2O5S/c1-15-6-12-19(13-7-15)29(26,27)28-21-16(2)4-3-5-20(21)22-14-17-8-10-18(11-9-17)23(24)25/h3-14H,1-2H3. The van der Waals surface area contributed by atoms with E-state index < -0.39 is 15.0 Å². The molecule has 3 rings (SSSR count). The number of rotatable bonds is 6. The molecule has 0 atom stereocenters. The second-order valence-corrected chi connectivity index (χ2v) is 7.93. The van der Waals surface area contributed by atoms with Crippen LogP contribution in [0, 0.1) is 24.0 Å². The first-order valence-corrected chi connectivity index (χ1v) is 10.1. The number of aliphatic imine (C=N–C) groups is 1. The maximum atomic E-state index is 12.7. The summed E-state index contributed by atoms with van der Waals surface area (Å²) >= 11 is 0. The van der Waals surface area contributed by atoms with E-state index in [1.807, 2.05) is 6.92 Å². The monoisotopic (exact) mass is 410 g/mol. The number of para-hydroxylation sites is 1. The van der Waals surface area contributed by atoms with Crippen LogP contribution in [0.25, 0.3) is 0 Å². The number of non-ortho nitro benzene ring substituents is 1. The van der Waals surface area contributed by atoms with Gasteiger partial charge >= 0.3 is 10.1 Å². The topological polar surface area (TPSA) is 98.9 Å². The molecule has 29 heavy (non-hydrogen) atoms. The quantitative estimate of drug-likeness (QED) is 0.253. The van der Waals surface area contributed by atoms with Crippen LogP contribution in [-0.4, -0.2) is 19.6 Å². The van der Waals surface area contributed by atoms with Gasteiger partial charge in [-0.25, -0.2) is 0 Å². The Labute approximate surface area is 168 Å². The van der Waals surface area contributed by atoms with E-state index in [1.165, 1.54) is 30.5 Å². The second-order valence-electron chi connectivity index (χ2n) is 6.38. The summed E-state index contributed by atoms with van der Waals surface area (Å²) in [6, 6.07) is 17.3. The first kappa shape index (κ1) is 20.2. The van der Waals surface area contributed by atoms with Crippen LogP contribution in [0.3, 0.4) is 0 Å². The smallest absolute Gasteiger partial charge is 0.339 e. The first-order valence-electron chi connectivity index (χ1n) is 8.65. The van der Waals surface area contributed by atoms with Crippen LogP contribution in [0.4, 0.5) is 11.4 Å². The lowest BCUT2D eigenvalue weighted by Crippen LogP contribution is -2.10. The Balaban J connectivity index is 1.91. The van der Waals surface area contributed by atoms with Gasteiger partial charge < -0.3 is 4.18 Å². The van der Waals surface area contributed by atoms with Crippen LogP contribution in [0.15, 0.2) is 76.6 Å². The number of aryl methyl sites for hydroxylation is 2. The number of nitro groups is 1. The van der Waals surface area contributed by atoms with Crippen molar-refractivity contribution in [2.45, 2.75) is 18.7 Å². The van der Waals surface area contributed by atoms with Crippen molar-refractivity contribution in [2.75, 3.05) is 0 Å². The van der Waals surface area contributed by atoms with Gasteiger partial charge in [0.1, 0.15) is 10.6 Å². The van der Waals surface area contributed by atoms with Crippen molar-refractivity contribution in [3.63, 3.8) is 0 Å². The minimum atomic E-state index is -4.02. The molecule has 0 aliphatic rings. The summed E-state index contributed by atoms with van der Waals surface area (Å²) in [7, 11) is -4.02. The SMILES string of the molecule is Cc1ccc(S(=O)(=O)Oc2c(C)cccc2N=Cc2ccc([N+](=O)[O-])cc2)cc1. The molecule has 0 aliphatic heterocycles. The molecule has 0 aliphatic carbocycles. The average Bonchev–Trinajstić information content (AvgIpc) is 2.69. The van der Waals surface area contributed by atoms with E-state index in [0.29, 0.717) is 16.8 Å². The molecule has 0 heterocycles. The van der Waals surface area contributed by atoms with Crippen molar-refractivity contribution in [1.82, 2.24) is 0 Å². The zero-order chi connectivity index (χ0) is 21.0. The predicted molar refractivity (Wildman–Crippen MR) is 111 cm³/mol. The van der Waals surface area contributed by atoms with Gasteiger partial charge in [0, 0.05) is 18.3 Å². The van der Waals surface area contributed by atoms with Crippen LogP contribution >= 0.6 is 0 Å². The number of hydrogen-bond acceptors (Lipinski definition) is 6. The van der Waals surface area contributed by atoms with Crippen LogP contribution in [0.1, 0.15) is 16.7 Å². The van der Waals surface area contributed by atoms with Gasteiger partial charge in [0.2, 0.25) is 0 Å². The van der Waals surface area contributed by atoms with Crippen LogP contribution in [0.2, 0.25) is 0 Å². The molecule has 148 valence electrons. The molecule has 0 saturated carbocycles. The van der Waals surface area contributed by atoms with Crippen LogP contribution in [-0.2, 0) is 10.1 Å². The van der Waals surface area contributed by atoms with E-state index in [0.717, 1.165) is 5.56 Å². The largest absolute Gasteiger partial charge is 0.376 e. The molecule has 0 spiro atoms. The fraction of sp³-hybridized carbons (Fsp3) is 0.0952. The van der Waals surface area contributed by atoms with Gasteiger partial charge in [-0.2, -0.15) is 8.42 Å². The van der Waals surface area contributed by atoms with Crippen molar-refractivity contribution in [3.8, 4) is 5.75 Å². The highest BCUT2D eigenvalue weighted by molar-refractivity contribution is 7.87. The zero-order valence-corrected chi connectivity index (χ0v) is 16.6. The molecule has 0 saturated heterocycles. The number of nitro benzene ring substituents is 1. The summed E-state index contributed by atoms with van der Waals surface area (Å²) in [6.45, 7) is 3.59. The van der Waals surface area contributed by atoms with Crippen molar-refractivity contribution >= 4 is 27.7 Å². The highest BCUT2D eigenvalue weighted by atomic mass is 32.2. The van der Waals surface area contributed by atoms with E-state index in [2.05, 4.69) is 4.99 Å². The number of benzene rings is 3. The molecule has 3 aromatic carbocycles. The Morgan fingerprint density at radius 2 is 1.62 bits per heavy atom. The van der Waals surface area contributed by atoms with Crippen molar-refractivity contribution in [3.05, 3.63) is 93.5 Å². The molecule has 8 heteroatoms. The fourth-order valence-electron chi connectivity index (χ4n) is 2.54. The van der Waals surface area contributed by atoms with Gasteiger partial charge in [-0.15, -0.1) is 0 Å². The Hall–Kier alpha value is -3.52. The molecule has 0 amide bonds. The van der Waals surface area contributed by atoms with E-state index in [4.69, 9.17) is 4.18 Å². The van der Waals surface area contributed by atoms with Gasteiger partial charge in [0.15, 0.2) is 5.75 Å². The van der Waals surface area contributed by atoms with Gasteiger partial charge in [-0.05, 0) is 55.3 Å². The highest BCUT2D eigenvalue weighted by Gasteiger charge is 2.19. The molecule has 0 unspecified atom stereocenters. The molecule has 0 bridgehead atoms. The third kappa shape index (κ3) is 4.85. The Morgan fingerprint density at radius 3 is 2.24 bits per heavy atom. The summed E-state index contributed by atoms with van der Waals surface area (Å²) in [6.07, 6.45) is 1.49. The Bertz CT molecular complexity index is 1170. The lowest BCUT2D eigenvalue weighted by Gasteiger charge is -2.12. The maximum absolute atomic E-state index is 12.7. The zero-order valence-electron chi connectivity index (χ0n) is 15.8. The number of hydrogen-bond donors (Lipinski definition) is 0. The molecule has 0 N–H and O–H groups in total. The first-order chi connectivity index (χ1) is 13.8. The van der Waals surface area contributed by atoms with Gasteiger partial charge in [-0.3, -0.25) is 15.1 Å². The lowest BCUT2D eigenvalue weighted by atomic mass is 10.2. The highest BCUT2D eigenvalue weighted by Crippen LogP contribution is 2.33. The molecule has 7 nitrogen and oxygen atoms in total. The minimum Gasteiger partial charge on any atom is -0.376 e. The lowest BCUT2D eigenvalue weighted by molar-refractivity contribution is -0.384. The second kappa shape index (κ2) is 8.24. The minimum absolute atomic E-state index is 0.0223. The average molecular weight is 410 g/mol. The maximum Gasteiger partial charge on any atom is 0.339 e. The predicted octanol–water partition coefficient (Wildman–Crippen LogP) is 4.73. The van der Waals surface area contributed by atoms with Crippen molar-refractivity contribution in [2.24, 2.45) is 4.99 Å². The number of nitrogens with zero attached hydrogens (tertiary/aromatic N) is 2. The van der Waals surface area contributed by atoms with E-state index in [9.17, 15) is 18.5 Å². The molecular weight excluding hydrogens is 392 g/mol. The van der Waals surface area contributed by atoms with Crippen LogP contribution < -0.4 is 4.18 Å². The van der Waals surface area contributed by atoms with Gasteiger partial charge in [0.05, 0.1) is 4.92 Å². The summed E-state index contributed by atoms with van der Waals surface area (Å²) < 4.78 is 30.7. The normalized spacial score (nSPS) is 11.5. The van der Waals surface area contributed by atoms with Gasteiger partial charge in [0.25, 0.3) is 5.69 Å². The van der Waals surface area contributed by atoms with Gasteiger partial charge in [-0.1, -0.05) is 29.8 Å². The fourth-order valence-corrected chi connectivity index (χ4v) is 3.54. The molecule has 0 fully saturated rings. The van der Waals surface area contributed by atoms with E-state index in [-0.39, 0.29) is 16.3 Å². The van der Waals surface area contributed by atoms with E-state index >= 15 is 0 Å².